The van der Waals surface area contributed by atoms with Crippen LogP contribution in [0.25, 0.3) is 0 Å². The molecule has 0 aliphatic carbocycles. The smallest absolute Gasteiger partial charge is 0.192 e. The van der Waals surface area contributed by atoms with Crippen LogP contribution in [0.2, 0.25) is 18.1 Å². The number of piperidine rings is 1. The summed E-state index contributed by atoms with van der Waals surface area (Å²) in [6, 6.07) is 10.5. The first-order chi connectivity index (χ1) is 10.2. The zero-order valence-corrected chi connectivity index (χ0v) is 15.7. The highest BCUT2D eigenvalue weighted by Gasteiger charge is 2.40. The van der Waals surface area contributed by atoms with Gasteiger partial charge >= 0.3 is 0 Å². The molecule has 0 amide bonds. The number of hydrogen-bond donors (Lipinski definition) is 1. The molecule has 2 atom stereocenters. The Labute approximate surface area is 136 Å². The van der Waals surface area contributed by atoms with Gasteiger partial charge in [-0.2, -0.15) is 0 Å². The van der Waals surface area contributed by atoms with Crippen LogP contribution in [0.5, 0.6) is 0 Å². The fourth-order valence-corrected chi connectivity index (χ4v) is 4.12. The van der Waals surface area contributed by atoms with Gasteiger partial charge in [-0.1, -0.05) is 51.1 Å². The average molecular weight is 322 g/mol. The molecule has 2 rings (SSSR count). The molecule has 0 unspecified atom stereocenters. The Hall–Kier alpha value is -0.683. The molecule has 1 fully saturated rings. The number of hydrogen-bond acceptors (Lipinski definition) is 3. The maximum absolute atomic E-state index is 10.2. The lowest BCUT2D eigenvalue weighted by molar-refractivity contribution is -0.00567. The first-order valence-corrected chi connectivity index (χ1v) is 11.2. The topological polar surface area (TPSA) is 32.7 Å². The Morgan fingerprint density at radius 1 is 1.18 bits per heavy atom. The van der Waals surface area contributed by atoms with Gasteiger partial charge in [0.2, 0.25) is 0 Å². The minimum Gasteiger partial charge on any atom is -0.413 e. The molecule has 3 nitrogen and oxygen atoms in total. The quantitative estimate of drug-likeness (QED) is 0.859. The van der Waals surface area contributed by atoms with E-state index in [1.54, 1.807) is 0 Å². The Balaban J connectivity index is 1.99. The van der Waals surface area contributed by atoms with Crippen molar-refractivity contribution in [3.8, 4) is 0 Å². The summed E-state index contributed by atoms with van der Waals surface area (Å²) in [6.45, 7) is 13.9. The van der Waals surface area contributed by atoms with Crippen molar-refractivity contribution in [3.05, 3.63) is 35.9 Å². The number of β-amino-alcohol motifs (C(OH)–C–C–N with tert-alkyl or cyclic N) is 1. The molecule has 1 aliphatic heterocycles. The summed E-state index contributed by atoms with van der Waals surface area (Å²) < 4.78 is 6.52. The van der Waals surface area contributed by atoms with Crippen molar-refractivity contribution in [3.63, 3.8) is 0 Å². The van der Waals surface area contributed by atoms with Crippen LogP contribution in [0.15, 0.2) is 30.3 Å². The SMILES string of the molecule is CC(C)(C)[Si](C)(C)O[C@H]1C[C@@H](O)CN(Cc2ccccc2)C1. The summed E-state index contributed by atoms with van der Waals surface area (Å²) in [7, 11) is -1.78. The van der Waals surface area contributed by atoms with E-state index in [9.17, 15) is 5.11 Å². The molecule has 1 N–H and O–H groups in total. The lowest BCUT2D eigenvalue weighted by atomic mass is 10.0. The highest BCUT2D eigenvalue weighted by molar-refractivity contribution is 6.74. The van der Waals surface area contributed by atoms with E-state index in [4.69, 9.17) is 4.43 Å². The summed E-state index contributed by atoms with van der Waals surface area (Å²) in [5, 5.41) is 10.4. The van der Waals surface area contributed by atoms with Crippen molar-refractivity contribution in [2.24, 2.45) is 0 Å². The molecule has 124 valence electrons. The zero-order chi connectivity index (χ0) is 16.4. The molecule has 1 aromatic carbocycles. The maximum Gasteiger partial charge on any atom is 0.192 e. The van der Waals surface area contributed by atoms with Gasteiger partial charge in [0.05, 0.1) is 12.2 Å². The molecular formula is C18H31NO2Si. The van der Waals surface area contributed by atoms with E-state index < -0.39 is 8.32 Å². The molecule has 1 heterocycles. The van der Waals surface area contributed by atoms with Gasteiger partial charge < -0.3 is 9.53 Å². The molecule has 0 radical (unpaired) electrons. The van der Waals surface area contributed by atoms with Crippen LogP contribution in [-0.4, -0.2) is 43.6 Å². The van der Waals surface area contributed by atoms with E-state index in [2.05, 4.69) is 63.0 Å². The van der Waals surface area contributed by atoms with Crippen LogP contribution in [0.1, 0.15) is 32.8 Å². The second kappa shape index (κ2) is 6.83. The van der Waals surface area contributed by atoms with E-state index in [1.165, 1.54) is 5.56 Å². The first-order valence-electron chi connectivity index (χ1n) is 8.29. The van der Waals surface area contributed by atoms with Crippen LogP contribution in [0.4, 0.5) is 0 Å². The molecule has 1 aromatic rings. The number of likely N-dealkylation sites (tertiary alicyclic amines) is 1. The summed E-state index contributed by atoms with van der Waals surface area (Å²) in [6.07, 6.45) is 0.623. The van der Waals surface area contributed by atoms with Crippen molar-refractivity contribution in [2.75, 3.05) is 13.1 Å². The average Bonchev–Trinajstić information content (AvgIpc) is 2.37. The van der Waals surface area contributed by atoms with Gasteiger partial charge in [0, 0.05) is 26.1 Å². The van der Waals surface area contributed by atoms with Crippen LogP contribution < -0.4 is 0 Å². The number of rotatable bonds is 4. The van der Waals surface area contributed by atoms with E-state index in [-0.39, 0.29) is 17.2 Å². The maximum atomic E-state index is 10.2. The fourth-order valence-electron chi connectivity index (χ4n) is 2.76. The Bertz CT molecular complexity index is 470. The summed E-state index contributed by atoms with van der Waals surface area (Å²) >= 11 is 0. The van der Waals surface area contributed by atoms with Gasteiger partial charge in [0.1, 0.15) is 0 Å². The van der Waals surface area contributed by atoms with Crippen molar-refractivity contribution in [1.82, 2.24) is 4.90 Å². The third kappa shape index (κ3) is 4.65. The van der Waals surface area contributed by atoms with Crippen LogP contribution in [0.3, 0.4) is 0 Å². The standard InChI is InChI=1S/C18H31NO2Si/c1-18(2,3)22(4,5)21-17-11-16(20)13-19(14-17)12-15-9-7-6-8-10-15/h6-10,16-17,20H,11-14H2,1-5H3/t16-,17+/m1/s1. The lowest BCUT2D eigenvalue weighted by Gasteiger charge is -2.43. The number of aliphatic hydroxyl groups is 1. The highest BCUT2D eigenvalue weighted by atomic mass is 28.4. The molecule has 0 spiro atoms. The van der Waals surface area contributed by atoms with Crippen molar-refractivity contribution in [1.29, 1.82) is 0 Å². The third-order valence-corrected chi connectivity index (χ3v) is 9.52. The van der Waals surface area contributed by atoms with Crippen molar-refractivity contribution < 1.29 is 9.53 Å². The summed E-state index contributed by atoms with van der Waals surface area (Å²) in [5.41, 5.74) is 1.29. The van der Waals surface area contributed by atoms with E-state index in [0.29, 0.717) is 0 Å². The van der Waals surface area contributed by atoms with Gasteiger partial charge in [-0.05, 0) is 23.7 Å². The highest BCUT2D eigenvalue weighted by Crippen LogP contribution is 2.38. The van der Waals surface area contributed by atoms with Crippen molar-refractivity contribution in [2.45, 2.75) is 64.1 Å². The molecule has 4 heteroatoms. The van der Waals surface area contributed by atoms with E-state index in [1.807, 2.05) is 6.07 Å². The Kier molecular flexibility index (Phi) is 5.48. The van der Waals surface area contributed by atoms with Crippen LogP contribution in [-0.2, 0) is 11.0 Å². The monoisotopic (exact) mass is 321 g/mol. The van der Waals surface area contributed by atoms with Crippen LogP contribution >= 0.6 is 0 Å². The predicted octanol–water partition coefficient (Wildman–Crippen LogP) is 3.64. The number of aliphatic hydroxyl groups excluding tert-OH is 1. The summed E-state index contributed by atoms with van der Waals surface area (Å²) in [5.74, 6) is 0. The summed E-state index contributed by atoms with van der Waals surface area (Å²) in [4.78, 5) is 2.32. The lowest BCUT2D eigenvalue weighted by Crippen LogP contribution is -2.52. The van der Waals surface area contributed by atoms with E-state index >= 15 is 0 Å². The second-order valence-corrected chi connectivity index (χ2v) is 12.8. The van der Waals surface area contributed by atoms with Gasteiger partial charge in [-0.25, -0.2) is 0 Å². The molecule has 0 bridgehead atoms. The molecule has 0 aromatic heterocycles. The largest absolute Gasteiger partial charge is 0.413 e. The fraction of sp³-hybridized carbons (Fsp3) is 0.667. The van der Waals surface area contributed by atoms with Gasteiger partial charge in [0.25, 0.3) is 0 Å². The van der Waals surface area contributed by atoms with Gasteiger partial charge in [-0.15, -0.1) is 0 Å². The first kappa shape index (κ1) is 17.7. The molecule has 22 heavy (non-hydrogen) atoms. The molecule has 1 aliphatic rings. The molecule has 1 saturated heterocycles. The third-order valence-electron chi connectivity index (χ3n) is 4.98. The number of nitrogens with zero attached hydrogens (tertiary/aromatic N) is 1. The zero-order valence-electron chi connectivity index (χ0n) is 14.7. The molecule has 0 saturated carbocycles. The van der Waals surface area contributed by atoms with E-state index in [0.717, 1.165) is 26.1 Å². The van der Waals surface area contributed by atoms with Crippen molar-refractivity contribution >= 4 is 8.32 Å². The van der Waals surface area contributed by atoms with Gasteiger partial charge in [0.15, 0.2) is 8.32 Å². The van der Waals surface area contributed by atoms with Crippen LogP contribution in [0, 0.1) is 0 Å². The molecular weight excluding hydrogens is 290 g/mol. The Morgan fingerprint density at radius 2 is 1.82 bits per heavy atom. The Morgan fingerprint density at radius 3 is 2.41 bits per heavy atom. The minimum atomic E-state index is -1.78. The normalized spacial score (nSPS) is 24.5. The predicted molar refractivity (Wildman–Crippen MR) is 94.4 cm³/mol. The number of benzene rings is 1. The van der Waals surface area contributed by atoms with Gasteiger partial charge in [-0.3, -0.25) is 4.90 Å². The minimum absolute atomic E-state index is 0.147. The second-order valence-electron chi connectivity index (χ2n) is 8.07.